The first-order valence-electron chi connectivity index (χ1n) is 5.80. The van der Waals surface area contributed by atoms with Gasteiger partial charge in [-0.25, -0.2) is 0 Å². The standard InChI is InChI=1S/C14H20N/c1-15(2)14(11-7-4-8-12-14)13-9-5-3-6-10-13/h3-6,9-10H,7-8,11-12H2,1-2H3. The summed E-state index contributed by atoms with van der Waals surface area (Å²) in [6, 6.07) is 10.9. The maximum absolute atomic E-state index is 2.42. The van der Waals surface area contributed by atoms with E-state index in [1.807, 2.05) is 0 Å². The Hall–Kier alpha value is -0.820. The lowest BCUT2D eigenvalue weighted by Gasteiger charge is -2.43. The Bertz CT molecular complexity index is 296. The van der Waals surface area contributed by atoms with Crippen molar-refractivity contribution in [2.24, 2.45) is 0 Å². The third kappa shape index (κ3) is 1.93. The molecule has 0 atom stereocenters. The van der Waals surface area contributed by atoms with Gasteiger partial charge < -0.3 is 0 Å². The van der Waals surface area contributed by atoms with Crippen molar-refractivity contribution in [3.63, 3.8) is 0 Å². The first-order chi connectivity index (χ1) is 7.26. The van der Waals surface area contributed by atoms with Crippen molar-refractivity contribution in [1.29, 1.82) is 0 Å². The smallest absolute Gasteiger partial charge is 0.0455 e. The molecular weight excluding hydrogens is 182 g/mol. The second-order valence-corrected chi connectivity index (χ2v) is 4.66. The average molecular weight is 202 g/mol. The Morgan fingerprint density at radius 3 is 2.13 bits per heavy atom. The van der Waals surface area contributed by atoms with Crippen LogP contribution in [-0.4, -0.2) is 19.0 Å². The van der Waals surface area contributed by atoms with Crippen LogP contribution in [0.1, 0.15) is 31.2 Å². The number of hydrogen-bond donors (Lipinski definition) is 0. The molecule has 1 fully saturated rings. The summed E-state index contributed by atoms with van der Waals surface area (Å²) < 4.78 is 0. The van der Waals surface area contributed by atoms with Crippen LogP contribution in [0.2, 0.25) is 0 Å². The quantitative estimate of drug-likeness (QED) is 0.711. The van der Waals surface area contributed by atoms with Crippen molar-refractivity contribution in [2.75, 3.05) is 14.1 Å². The van der Waals surface area contributed by atoms with Crippen LogP contribution in [0.5, 0.6) is 0 Å². The predicted molar refractivity (Wildman–Crippen MR) is 64.6 cm³/mol. The molecule has 1 aliphatic carbocycles. The minimum atomic E-state index is 0.274. The lowest BCUT2D eigenvalue weighted by molar-refractivity contribution is 0.112. The van der Waals surface area contributed by atoms with Crippen molar-refractivity contribution < 1.29 is 0 Å². The van der Waals surface area contributed by atoms with Crippen LogP contribution in [0.25, 0.3) is 0 Å². The van der Waals surface area contributed by atoms with Crippen molar-refractivity contribution in [1.82, 2.24) is 4.90 Å². The van der Waals surface area contributed by atoms with E-state index in [0.717, 1.165) is 0 Å². The predicted octanol–water partition coefficient (Wildman–Crippen LogP) is 3.22. The molecule has 2 rings (SSSR count). The molecule has 0 spiro atoms. The Balaban J connectivity index is 2.34. The maximum atomic E-state index is 2.42. The molecule has 0 amide bonds. The minimum Gasteiger partial charge on any atom is -0.300 e. The largest absolute Gasteiger partial charge is 0.300 e. The van der Waals surface area contributed by atoms with Crippen molar-refractivity contribution >= 4 is 0 Å². The van der Waals surface area contributed by atoms with Gasteiger partial charge in [-0.1, -0.05) is 30.3 Å². The highest BCUT2D eigenvalue weighted by Crippen LogP contribution is 2.40. The molecule has 1 radical (unpaired) electrons. The second kappa shape index (κ2) is 4.36. The third-order valence-corrected chi connectivity index (χ3v) is 3.69. The summed E-state index contributed by atoms with van der Waals surface area (Å²) in [6.45, 7) is 0. The SMILES string of the molecule is CN(C)C1(c2ccccc2)CC[CH]CC1. The van der Waals surface area contributed by atoms with E-state index < -0.39 is 0 Å². The van der Waals surface area contributed by atoms with Gasteiger partial charge in [0.2, 0.25) is 0 Å². The van der Waals surface area contributed by atoms with Gasteiger partial charge in [0.25, 0.3) is 0 Å². The molecule has 1 aromatic rings. The molecular formula is C14H20N. The zero-order valence-corrected chi connectivity index (χ0v) is 9.74. The van der Waals surface area contributed by atoms with Gasteiger partial charge in [0.1, 0.15) is 0 Å². The summed E-state index contributed by atoms with van der Waals surface area (Å²) >= 11 is 0. The van der Waals surface area contributed by atoms with E-state index >= 15 is 0 Å². The van der Waals surface area contributed by atoms with Gasteiger partial charge in [-0.05, 0) is 51.8 Å². The molecule has 0 bridgehead atoms. The zero-order chi connectivity index (χ0) is 10.7. The number of hydrogen-bond acceptors (Lipinski definition) is 1. The number of benzene rings is 1. The van der Waals surface area contributed by atoms with Crippen LogP contribution in [0.4, 0.5) is 0 Å². The molecule has 15 heavy (non-hydrogen) atoms. The highest BCUT2D eigenvalue weighted by Gasteiger charge is 2.35. The van der Waals surface area contributed by atoms with E-state index in [9.17, 15) is 0 Å². The lowest BCUT2D eigenvalue weighted by atomic mass is 9.76. The van der Waals surface area contributed by atoms with Crippen molar-refractivity contribution in [3.05, 3.63) is 42.3 Å². The summed E-state index contributed by atoms with van der Waals surface area (Å²) in [7, 11) is 4.41. The molecule has 0 N–H and O–H groups in total. The van der Waals surface area contributed by atoms with Crippen LogP contribution < -0.4 is 0 Å². The molecule has 1 nitrogen and oxygen atoms in total. The Labute approximate surface area is 93.1 Å². The Morgan fingerprint density at radius 2 is 1.60 bits per heavy atom. The highest BCUT2D eigenvalue weighted by molar-refractivity contribution is 5.25. The third-order valence-electron chi connectivity index (χ3n) is 3.69. The molecule has 0 aliphatic heterocycles. The fourth-order valence-electron chi connectivity index (χ4n) is 2.69. The number of nitrogens with zero attached hydrogens (tertiary/aromatic N) is 1. The van der Waals surface area contributed by atoms with Crippen LogP contribution in [-0.2, 0) is 5.54 Å². The van der Waals surface area contributed by atoms with Crippen LogP contribution in [0.15, 0.2) is 30.3 Å². The molecule has 1 heteroatoms. The summed E-state index contributed by atoms with van der Waals surface area (Å²) in [6.07, 6.45) is 7.42. The normalized spacial score (nSPS) is 20.5. The first kappa shape index (κ1) is 10.7. The Morgan fingerprint density at radius 1 is 1.00 bits per heavy atom. The zero-order valence-electron chi connectivity index (χ0n) is 9.74. The van der Waals surface area contributed by atoms with E-state index in [1.165, 1.54) is 31.2 Å². The fourth-order valence-corrected chi connectivity index (χ4v) is 2.69. The van der Waals surface area contributed by atoms with Crippen LogP contribution in [0.3, 0.4) is 0 Å². The van der Waals surface area contributed by atoms with Crippen LogP contribution >= 0.6 is 0 Å². The lowest BCUT2D eigenvalue weighted by Crippen LogP contribution is -2.43. The summed E-state index contributed by atoms with van der Waals surface area (Å²) in [4.78, 5) is 2.40. The van der Waals surface area contributed by atoms with Gasteiger partial charge in [-0.3, -0.25) is 4.90 Å². The monoisotopic (exact) mass is 202 g/mol. The summed E-state index contributed by atoms with van der Waals surface area (Å²) in [5, 5.41) is 0. The van der Waals surface area contributed by atoms with Gasteiger partial charge in [-0.2, -0.15) is 0 Å². The fraction of sp³-hybridized carbons (Fsp3) is 0.500. The van der Waals surface area contributed by atoms with E-state index in [0.29, 0.717) is 0 Å². The van der Waals surface area contributed by atoms with Gasteiger partial charge in [0.15, 0.2) is 0 Å². The minimum absolute atomic E-state index is 0.274. The van der Waals surface area contributed by atoms with Gasteiger partial charge in [0.05, 0.1) is 0 Å². The first-order valence-corrected chi connectivity index (χ1v) is 5.80. The molecule has 0 heterocycles. The van der Waals surface area contributed by atoms with Crippen molar-refractivity contribution in [2.45, 2.75) is 31.2 Å². The molecule has 0 unspecified atom stereocenters. The van der Waals surface area contributed by atoms with E-state index in [2.05, 4.69) is 55.7 Å². The van der Waals surface area contributed by atoms with Gasteiger partial charge in [0, 0.05) is 5.54 Å². The van der Waals surface area contributed by atoms with E-state index in [4.69, 9.17) is 0 Å². The molecule has 0 saturated heterocycles. The maximum Gasteiger partial charge on any atom is 0.0455 e. The molecule has 81 valence electrons. The second-order valence-electron chi connectivity index (χ2n) is 4.66. The summed E-state index contributed by atoms with van der Waals surface area (Å²) in [5.41, 5.74) is 1.75. The van der Waals surface area contributed by atoms with E-state index in [1.54, 1.807) is 0 Å². The van der Waals surface area contributed by atoms with Gasteiger partial charge >= 0.3 is 0 Å². The topological polar surface area (TPSA) is 3.24 Å². The molecule has 1 aliphatic rings. The Kier molecular flexibility index (Phi) is 3.11. The van der Waals surface area contributed by atoms with Crippen molar-refractivity contribution in [3.8, 4) is 0 Å². The molecule has 1 aromatic carbocycles. The average Bonchev–Trinajstić information content (AvgIpc) is 2.31. The summed E-state index contributed by atoms with van der Waals surface area (Å²) in [5.74, 6) is 0. The van der Waals surface area contributed by atoms with E-state index in [-0.39, 0.29) is 5.54 Å². The van der Waals surface area contributed by atoms with Gasteiger partial charge in [-0.15, -0.1) is 0 Å². The molecule has 0 aromatic heterocycles. The number of rotatable bonds is 2. The van der Waals surface area contributed by atoms with Crippen LogP contribution in [0, 0.1) is 6.42 Å². The highest BCUT2D eigenvalue weighted by atomic mass is 15.1. The molecule has 1 saturated carbocycles.